The van der Waals surface area contributed by atoms with Gasteiger partial charge in [-0.1, -0.05) is 13.8 Å². The van der Waals surface area contributed by atoms with Crippen molar-refractivity contribution >= 4 is 11.3 Å². The average molecular weight is 261 g/mol. The SMILES string of the molecule is CC(C)c1nc(-c2cccnc2)sc1C(C)(C)N. The van der Waals surface area contributed by atoms with Crippen LogP contribution in [-0.2, 0) is 5.54 Å². The van der Waals surface area contributed by atoms with Gasteiger partial charge in [-0.05, 0) is 31.9 Å². The molecule has 0 bridgehead atoms. The molecule has 2 N–H and O–H groups in total. The molecule has 2 aromatic heterocycles. The summed E-state index contributed by atoms with van der Waals surface area (Å²) in [5.74, 6) is 0.379. The molecule has 0 saturated carbocycles. The number of hydrogen-bond acceptors (Lipinski definition) is 4. The monoisotopic (exact) mass is 261 g/mol. The summed E-state index contributed by atoms with van der Waals surface area (Å²) >= 11 is 1.67. The molecule has 2 aromatic rings. The summed E-state index contributed by atoms with van der Waals surface area (Å²) in [6, 6.07) is 3.96. The number of nitrogens with two attached hydrogens (primary N) is 1. The maximum Gasteiger partial charge on any atom is 0.125 e. The van der Waals surface area contributed by atoms with Gasteiger partial charge in [0.15, 0.2) is 0 Å². The summed E-state index contributed by atoms with van der Waals surface area (Å²) in [6.07, 6.45) is 3.62. The Morgan fingerprint density at radius 2 is 2.06 bits per heavy atom. The van der Waals surface area contributed by atoms with E-state index in [0.29, 0.717) is 5.92 Å². The van der Waals surface area contributed by atoms with Crippen molar-refractivity contribution in [3.63, 3.8) is 0 Å². The van der Waals surface area contributed by atoms with Gasteiger partial charge in [0.25, 0.3) is 0 Å². The number of hydrogen-bond donors (Lipinski definition) is 1. The Labute approximate surface area is 112 Å². The van der Waals surface area contributed by atoms with Gasteiger partial charge in [-0.2, -0.15) is 0 Å². The third-order valence-electron chi connectivity index (χ3n) is 2.69. The van der Waals surface area contributed by atoms with Gasteiger partial charge in [0.05, 0.1) is 5.69 Å². The average Bonchev–Trinajstić information content (AvgIpc) is 2.74. The first-order chi connectivity index (χ1) is 8.39. The smallest absolute Gasteiger partial charge is 0.125 e. The zero-order chi connectivity index (χ0) is 13.3. The molecule has 3 nitrogen and oxygen atoms in total. The second kappa shape index (κ2) is 4.78. The van der Waals surface area contributed by atoms with E-state index >= 15 is 0 Å². The first-order valence-electron chi connectivity index (χ1n) is 6.10. The fourth-order valence-electron chi connectivity index (χ4n) is 1.80. The molecule has 0 spiro atoms. The lowest BCUT2D eigenvalue weighted by molar-refractivity contribution is 0.553. The van der Waals surface area contributed by atoms with Crippen LogP contribution in [0.2, 0.25) is 0 Å². The van der Waals surface area contributed by atoms with Gasteiger partial charge < -0.3 is 5.73 Å². The zero-order valence-corrected chi connectivity index (χ0v) is 12.1. The van der Waals surface area contributed by atoms with Crippen LogP contribution in [0.3, 0.4) is 0 Å². The Morgan fingerprint density at radius 1 is 1.33 bits per heavy atom. The Bertz CT molecular complexity index is 524. The van der Waals surface area contributed by atoms with E-state index < -0.39 is 0 Å². The highest BCUT2D eigenvalue weighted by Crippen LogP contribution is 2.36. The van der Waals surface area contributed by atoms with Crippen LogP contribution >= 0.6 is 11.3 Å². The van der Waals surface area contributed by atoms with Crippen LogP contribution in [-0.4, -0.2) is 9.97 Å². The summed E-state index contributed by atoms with van der Waals surface area (Å²) in [4.78, 5) is 10.1. The molecule has 0 saturated heterocycles. The molecule has 18 heavy (non-hydrogen) atoms. The van der Waals surface area contributed by atoms with E-state index in [-0.39, 0.29) is 5.54 Å². The number of aromatic nitrogens is 2. The quantitative estimate of drug-likeness (QED) is 0.919. The summed E-state index contributed by atoms with van der Waals surface area (Å²) in [5, 5.41) is 1.00. The van der Waals surface area contributed by atoms with E-state index in [9.17, 15) is 0 Å². The fourth-order valence-corrected chi connectivity index (χ4v) is 3.02. The molecule has 0 aliphatic rings. The van der Waals surface area contributed by atoms with Crippen LogP contribution in [0.5, 0.6) is 0 Å². The van der Waals surface area contributed by atoms with Crippen molar-refractivity contribution in [2.45, 2.75) is 39.2 Å². The highest BCUT2D eigenvalue weighted by Gasteiger charge is 2.25. The maximum absolute atomic E-state index is 6.24. The largest absolute Gasteiger partial charge is 0.321 e. The van der Waals surface area contributed by atoms with Crippen LogP contribution in [0.15, 0.2) is 24.5 Å². The van der Waals surface area contributed by atoms with E-state index in [1.54, 1.807) is 17.5 Å². The van der Waals surface area contributed by atoms with Gasteiger partial charge >= 0.3 is 0 Å². The number of nitrogens with zero attached hydrogens (tertiary/aromatic N) is 2. The summed E-state index contributed by atoms with van der Waals surface area (Å²) in [6.45, 7) is 8.35. The van der Waals surface area contributed by atoms with E-state index in [1.165, 1.54) is 0 Å². The molecule has 0 amide bonds. The third-order valence-corrected chi connectivity index (χ3v) is 4.15. The second-order valence-electron chi connectivity index (χ2n) is 5.35. The molecular weight excluding hydrogens is 242 g/mol. The van der Waals surface area contributed by atoms with Gasteiger partial charge in [-0.3, -0.25) is 4.98 Å². The van der Waals surface area contributed by atoms with Crippen LogP contribution < -0.4 is 5.73 Å². The van der Waals surface area contributed by atoms with Crippen molar-refractivity contribution in [1.29, 1.82) is 0 Å². The normalized spacial score (nSPS) is 12.1. The molecule has 2 heterocycles. The standard InChI is InChI=1S/C14H19N3S/c1-9(2)11-12(14(3,4)15)18-13(17-11)10-6-5-7-16-8-10/h5-9H,15H2,1-4H3. The molecule has 0 aliphatic heterocycles. The highest BCUT2D eigenvalue weighted by molar-refractivity contribution is 7.15. The summed E-state index contributed by atoms with van der Waals surface area (Å²) in [7, 11) is 0. The minimum atomic E-state index is -0.349. The molecular formula is C14H19N3S. The minimum Gasteiger partial charge on any atom is -0.321 e. The fraction of sp³-hybridized carbons (Fsp3) is 0.429. The van der Waals surface area contributed by atoms with E-state index in [0.717, 1.165) is 21.1 Å². The van der Waals surface area contributed by atoms with Crippen LogP contribution in [0.25, 0.3) is 10.6 Å². The molecule has 0 radical (unpaired) electrons. The minimum absolute atomic E-state index is 0.349. The van der Waals surface area contributed by atoms with Gasteiger partial charge in [-0.25, -0.2) is 4.98 Å². The molecule has 0 atom stereocenters. The molecule has 0 unspecified atom stereocenters. The number of pyridine rings is 1. The predicted octanol–water partition coefficient (Wildman–Crippen LogP) is 3.52. The van der Waals surface area contributed by atoms with Gasteiger partial charge in [0.1, 0.15) is 5.01 Å². The second-order valence-corrected chi connectivity index (χ2v) is 6.35. The highest BCUT2D eigenvalue weighted by atomic mass is 32.1. The zero-order valence-electron chi connectivity index (χ0n) is 11.3. The maximum atomic E-state index is 6.24. The lowest BCUT2D eigenvalue weighted by Crippen LogP contribution is -2.28. The molecule has 0 fully saturated rings. The first-order valence-corrected chi connectivity index (χ1v) is 6.91. The van der Waals surface area contributed by atoms with Crippen molar-refractivity contribution in [3.05, 3.63) is 35.1 Å². The molecule has 2 rings (SSSR count). The van der Waals surface area contributed by atoms with Crippen LogP contribution in [0.1, 0.15) is 44.2 Å². The molecule has 4 heteroatoms. The first kappa shape index (κ1) is 13.2. The molecule has 0 aliphatic carbocycles. The van der Waals surface area contributed by atoms with Crippen molar-refractivity contribution in [2.24, 2.45) is 5.73 Å². The van der Waals surface area contributed by atoms with Crippen LogP contribution in [0.4, 0.5) is 0 Å². The van der Waals surface area contributed by atoms with Gasteiger partial charge in [-0.15, -0.1) is 11.3 Å². The Morgan fingerprint density at radius 3 is 2.50 bits per heavy atom. The Hall–Kier alpha value is -1.26. The molecule has 96 valence electrons. The van der Waals surface area contributed by atoms with Gasteiger partial charge in [0.2, 0.25) is 0 Å². The summed E-state index contributed by atoms with van der Waals surface area (Å²) in [5.41, 5.74) is 8.05. The van der Waals surface area contributed by atoms with E-state index in [2.05, 4.69) is 18.8 Å². The number of rotatable bonds is 3. The van der Waals surface area contributed by atoms with Crippen LogP contribution in [0, 0.1) is 0 Å². The predicted molar refractivity (Wildman–Crippen MR) is 76.6 cm³/mol. The van der Waals surface area contributed by atoms with E-state index in [1.807, 2.05) is 32.2 Å². The van der Waals surface area contributed by atoms with Crippen molar-refractivity contribution in [2.75, 3.05) is 0 Å². The van der Waals surface area contributed by atoms with Crippen molar-refractivity contribution in [1.82, 2.24) is 9.97 Å². The third kappa shape index (κ3) is 2.60. The number of thiazole rings is 1. The van der Waals surface area contributed by atoms with Gasteiger partial charge in [0, 0.05) is 28.4 Å². The topological polar surface area (TPSA) is 51.8 Å². The van der Waals surface area contributed by atoms with Crippen molar-refractivity contribution < 1.29 is 0 Å². The van der Waals surface area contributed by atoms with E-state index in [4.69, 9.17) is 10.7 Å². The lowest BCUT2D eigenvalue weighted by Gasteiger charge is -2.19. The van der Waals surface area contributed by atoms with Crippen molar-refractivity contribution in [3.8, 4) is 10.6 Å². The molecule has 0 aromatic carbocycles. The Kier molecular flexibility index (Phi) is 3.50. The Balaban J connectivity index is 2.53. The lowest BCUT2D eigenvalue weighted by atomic mass is 9.98. The summed E-state index contributed by atoms with van der Waals surface area (Å²) < 4.78 is 0.